The third-order valence-electron chi connectivity index (χ3n) is 2.96. The molecule has 3 aromatic rings. The van der Waals surface area contributed by atoms with Gasteiger partial charge in [0.05, 0.1) is 6.20 Å². The van der Waals surface area contributed by atoms with E-state index in [0.29, 0.717) is 28.5 Å². The summed E-state index contributed by atoms with van der Waals surface area (Å²) >= 11 is 0. The van der Waals surface area contributed by atoms with E-state index in [2.05, 4.69) is 20.7 Å². The highest BCUT2D eigenvalue weighted by Crippen LogP contribution is 2.22. The Hall–Kier alpha value is -2.67. The number of nitrogen functional groups attached to an aromatic ring is 1. The zero-order chi connectivity index (χ0) is 14.1. The van der Waals surface area contributed by atoms with Crippen LogP contribution < -0.4 is 16.6 Å². The summed E-state index contributed by atoms with van der Waals surface area (Å²) in [5.41, 5.74) is 4.30. The minimum atomic E-state index is -0.275. The van der Waals surface area contributed by atoms with E-state index in [4.69, 9.17) is 5.84 Å². The van der Waals surface area contributed by atoms with E-state index in [1.54, 1.807) is 42.0 Å². The maximum Gasteiger partial charge on any atom is 0.180 e. The molecule has 0 saturated carbocycles. The maximum atomic E-state index is 13.6. The summed E-state index contributed by atoms with van der Waals surface area (Å²) in [6.07, 6.45) is 5.14. The molecule has 0 amide bonds. The average Bonchev–Trinajstić information content (AvgIpc) is 2.91. The minimum absolute atomic E-state index is 0.275. The summed E-state index contributed by atoms with van der Waals surface area (Å²) in [6, 6.07) is 4.90. The number of nitrogens with one attached hydrogen (secondary N) is 2. The molecule has 0 aliphatic rings. The molecule has 0 atom stereocenters. The Morgan fingerprint density at radius 2 is 2.20 bits per heavy atom. The van der Waals surface area contributed by atoms with Gasteiger partial charge in [0.1, 0.15) is 5.82 Å². The van der Waals surface area contributed by atoms with Crippen molar-refractivity contribution < 1.29 is 4.39 Å². The highest BCUT2D eigenvalue weighted by atomic mass is 19.1. The van der Waals surface area contributed by atoms with Gasteiger partial charge < -0.3 is 15.1 Å². The molecular formula is C13H13FN6. The van der Waals surface area contributed by atoms with E-state index in [0.717, 1.165) is 0 Å². The van der Waals surface area contributed by atoms with Crippen LogP contribution in [0.25, 0.3) is 5.65 Å². The summed E-state index contributed by atoms with van der Waals surface area (Å²) in [5.74, 6) is 6.08. The van der Waals surface area contributed by atoms with Crippen LogP contribution in [-0.4, -0.2) is 14.4 Å². The predicted molar refractivity (Wildman–Crippen MR) is 75.2 cm³/mol. The van der Waals surface area contributed by atoms with Gasteiger partial charge in [-0.2, -0.15) is 0 Å². The van der Waals surface area contributed by atoms with Gasteiger partial charge in [0.2, 0.25) is 0 Å². The monoisotopic (exact) mass is 272 g/mol. The number of hydrazine groups is 1. The van der Waals surface area contributed by atoms with Crippen LogP contribution in [0.15, 0.2) is 36.8 Å². The molecular weight excluding hydrogens is 259 g/mol. The molecule has 0 fully saturated rings. The Labute approximate surface area is 114 Å². The van der Waals surface area contributed by atoms with Crippen molar-refractivity contribution in [3.63, 3.8) is 0 Å². The number of anilines is 3. The molecule has 2 heterocycles. The third-order valence-corrected chi connectivity index (χ3v) is 2.96. The van der Waals surface area contributed by atoms with Gasteiger partial charge in [-0.05, 0) is 24.6 Å². The third kappa shape index (κ3) is 2.14. The summed E-state index contributed by atoms with van der Waals surface area (Å²) in [5, 5.41) is 3.05. The van der Waals surface area contributed by atoms with Crippen molar-refractivity contribution in [3.8, 4) is 0 Å². The quantitative estimate of drug-likeness (QED) is 0.503. The van der Waals surface area contributed by atoms with Crippen molar-refractivity contribution >= 4 is 23.0 Å². The molecule has 0 aliphatic carbocycles. The number of rotatable bonds is 3. The minimum Gasteiger partial charge on any atom is -0.337 e. The number of hydrogen-bond donors (Lipinski definition) is 3. The van der Waals surface area contributed by atoms with E-state index in [1.807, 2.05) is 0 Å². The maximum absolute atomic E-state index is 13.6. The van der Waals surface area contributed by atoms with E-state index in [1.165, 1.54) is 6.07 Å². The van der Waals surface area contributed by atoms with Gasteiger partial charge in [-0.15, -0.1) is 0 Å². The molecule has 6 nitrogen and oxygen atoms in total. The standard InChI is InChI=1S/C13H13FN6/c1-8-2-3-9(6-10(8)14)17-12-13-16-4-5-20(13)7-11(18-12)19-15/h2-7,19H,15H2,1H3,(H,17,18). The summed E-state index contributed by atoms with van der Waals surface area (Å²) in [6.45, 7) is 1.71. The number of fused-ring (bicyclic) bond motifs is 1. The first-order chi connectivity index (χ1) is 9.67. The topological polar surface area (TPSA) is 80.3 Å². The van der Waals surface area contributed by atoms with Crippen LogP contribution >= 0.6 is 0 Å². The van der Waals surface area contributed by atoms with Gasteiger partial charge in [-0.25, -0.2) is 20.2 Å². The second-order valence-electron chi connectivity index (χ2n) is 4.37. The number of benzene rings is 1. The fourth-order valence-electron chi connectivity index (χ4n) is 1.89. The zero-order valence-corrected chi connectivity index (χ0v) is 10.8. The number of aryl methyl sites for hydroxylation is 1. The highest BCUT2D eigenvalue weighted by Gasteiger charge is 2.08. The van der Waals surface area contributed by atoms with E-state index >= 15 is 0 Å². The Balaban J connectivity index is 2.04. The summed E-state index contributed by atoms with van der Waals surface area (Å²) < 4.78 is 15.3. The number of imidazole rings is 1. The van der Waals surface area contributed by atoms with Gasteiger partial charge in [-0.3, -0.25) is 0 Å². The predicted octanol–water partition coefficient (Wildman–Crippen LogP) is 2.21. The van der Waals surface area contributed by atoms with Crippen LogP contribution in [0.4, 0.5) is 21.7 Å². The van der Waals surface area contributed by atoms with E-state index in [9.17, 15) is 4.39 Å². The molecule has 0 bridgehead atoms. The van der Waals surface area contributed by atoms with E-state index < -0.39 is 0 Å². The molecule has 0 aliphatic heterocycles. The first-order valence-electron chi connectivity index (χ1n) is 6.01. The normalized spacial score (nSPS) is 10.8. The molecule has 3 rings (SSSR count). The lowest BCUT2D eigenvalue weighted by Crippen LogP contribution is -2.11. The number of nitrogens with zero attached hydrogens (tertiary/aromatic N) is 3. The number of aromatic nitrogens is 3. The molecule has 0 spiro atoms. The second-order valence-corrected chi connectivity index (χ2v) is 4.37. The van der Waals surface area contributed by atoms with Crippen LogP contribution in [0.1, 0.15) is 5.56 Å². The van der Waals surface area contributed by atoms with Crippen molar-refractivity contribution in [3.05, 3.63) is 48.2 Å². The van der Waals surface area contributed by atoms with Gasteiger partial charge in [0, 0.05) is 18.1 Å². The first-order valence-corrected chi connectivity index (χ1v) is 6.01. The summed E-state index contributed by atoms with van der Waals surface area (Å²) in [7, 11) is 0. The van der Waals surface area contributed by atoms with Gasteiger partial charge >= 0.3 is 0 Å². The number of halogens is 1. The lowest BCUT2D eigenvalue weighted by Gasteiger charge is -2.10. The largest absolute Gasteiger partial charge is 0.337 e. The van der Waals surface area contributed by atoms with Crippen molar-refractivity contribution in [1.82, 2.24) is 14.4 Å². The molecule has 0 radical (unpaired) electrons. The Morgan fingerprint density at radius 1 is 1.35 bits per heavy atom. The van der Waals surface area contributed by atoms with Crippen molar-refractivity contribution in [2.45, 2.75) is 6.92 Å². The lowest BCUT2D eigenvalue weighted by molar-refractivity contribution is 0.619. The SMILES string of the molecule is Cc1ccc(Nc2nc(NN)cn3ccnc23)cc1F. The zero-order valence-electron chi connectivity index (χ0n) is 10.8. The van der Waals surface area contributed by atoms with Crippen LogP contribution in [-0.2, 0) is 0 Å². The van der Waals surface area contributed by atoms with E-state index in [-0.39, 0.29) is 5.82 Å². The number of hydrogen-bond acceptors (Lipinski definition) is 5. The lowest BCUT2D eigenvalue weighted by atomic mass is 10.2. The molecule has 20 heavy (non-hydrogen) atoms. The molecule has 7 heteroatoms. The molecule has 1 aromatic carbocycles. The van der Waals surface area contributed by atoms with Gasteiger partial charge in [0.15, 0.2) is 17.3 Å². The first kappa shape index (κ1) is 12.4. The van der Waals surface area contributed by atoms with Crippen molar-refractivity contribution in [2.24, 2.45) is 5.84 Å². The molecule has 0 unspecified atom stereocenters. The highest BCUT2D eigenvalue weighted by molar-refractivity contribution is 5.71. The Kier molecular flexibility index (Phi) is 2.96. The smallest absolute Gasteiger partial charge is 0.180 e. The molecule has 4 N–H and O–H groups in total. The molecule has 0 saturated heterocycles. The van der Waals surface area contributed by atoms with Crippen molar-refractivity contribution in [2.75, 3.05) is 10.7 Å². The van der Waals surface area contributed by atoms with Gasteiger partial charge in [0.25, 0.3) is 0 Å². The molecule has 102 valence electrons. The average molecular weight is 272 g/mol. The second kappa shape index (κ2) is 4.78. The fourth-order valence-corrected chi connectivity index (χ4v) is 1.89. The Morgan fingerprint density at radius 3 is 2.95 bits per heavy atom. The van der Waals surface area contributed by atoms with Crippen LogP contribution in [0.3, 0.4) is 0 Å². The number of nitrogens with two attached hydrogens (primary N) is 1. The molecule has 2 aromatic heterocycles. The van der Waals surface area contributed by atoms with Crippen LogP contribution in [0, 0.1) is 12.7 Å². The summed E-state index contributed by atoms with van der Waals surface area (Å²) in [4.78, 5) is 8.49. The van der Waals surface area contributed by atoms with Crippen LogP contribution in [0.2, 0.25) is 0 Å². The Bertz CT molecular complexity index is 767. The van der Waals surface area contributed by atoms with Gasteiger partial charge in [-0.1, -0.05) is 6.07 Å². The van der Waals surface area contributed by atoms with Crippen LogP contribution in [0.5, 0.6) is 0 Å². The fraction of sp³-hybridized carbons (Fsp3) is 0.0769. The van der Waals surface area contributed by atoms with Crippen molar-refractivity contribution in [1.29, 1.82) is 0 Å².